The van der Waals surface area contributed by atoms with Crippen LogP contribution >= 0.6 is 0 Å². The molecular formula is C14H22N4O. The molecule has 1 amide bonds. The van der Waals surface area contributed by atoms with Crippen molar-refractivity contribution in [3.63, 3.8) is 0 Å². The molecule has 2 N–H and O–H groups in total. The highest BCUT2D eigenvalue weighted by atomic mass is 16.2. The van der Waals surface area contributed by atoms with Crippen LogP contribution in [-0.2, 0) is 4.79 Å². The molecule has 104 valence electrons. The van der Waals surface area contributed by atoms with Crippen molar-refractivity contribution in [2.45, 2.75) is 26.3 Å². The third kappa shape index (κ3) is 3.11. The van der Waals surface area contributed by atoms with Gasteiger partial charge in [-0.15, -0.1) is 0 Å². The molecule has 0 bridgehead atoms. The Morgan fingerprint density at radius 2 is 2.11 bits per heavy atom. The van der Waals surface area contributed by atoms with Crippen LogP contribution in [0.25, 0.3) is 0 Å². The molecule has 5 nitrogen and oxygen atoms in total. The van der Waals surface area contributed by atoms with Crippen molar-refractivity contribution < 1.29 is 4.79 Å². The molecule has 1 fully saturated rings. The third-order valence-corrected chi connectivity index (χ3v) is 3.72. The van der Waals surface area contributed by atoms with Gasteiger partial charge in [-0.1, -0.05) is 0 Å². The molecule has 5 heteroatoms. The third-order valence-electron chi connectivity index (χ3n) is 3.72. The number of amides is 1. The number of hydrogen-bond donors (Lipinski definition) is 2. The minimum atomic E-state index is -0.510. The molecule has 1 saturated heterocycles. The van der Waals surface area contributed by atoms with E-state index in [-0.39, 0.29) is 5.91 Å². The molecule has 2 rings (SSSR count). The van der Waals surface area contributed by atoms with Gasteiger partial charge in [-0.3, -0.25) is 14.7 Å². The van der Waals surface area contributed by atoms with Gasteiger partial charge in [0.05, 0.1) is 16.9 Å². The van der Waals surface area contributed by atoms with E-state index in [4.69, 9.17) is 0 Å². The van der Waals surface area contributed by atoms with Gasteiger partial charge in [-0.2, -0.15) is 0 Å². The zero-order chi connectivity index (χ0) is 13.9. The van der Waals surface area contributed by atoms with Crippen LogP contribution in [0.2, 0.25) is 0 Å². The molecular weight excluding hydrogens is 240 g/mol. The molecule has 0 unspecified atom stereocenters. The van der Waals surface area contributed by atoms with Crippen molar-refractivity contribution in [1.82, 2.24) is 15.2 Å². The second-order valence-electron chi connectivity index (χ2n) is 5.39. The number of pyridine rings is 1. The summed E-state index contributed by atoms with van der Waals surface area (Å²) in [7, 11) is 0. The molecule has 0 saturated carbocycles. The smallest absolute Gasteiger partial charge is 0.244 e. The fraction of sp³-hybridized carbons (Fsp3) is 0.571. The number of hydrogen-bond acceptors (Lipinski definition) is 4. The second-order valence-corrected chi connectivity index (χ2v) is 5.39. The molecule has 1 aliphatic heterocycles. The summed E-state index contributed by atoms with van der Waals surface area (Å²) < 4.78 is 0. The van der Waals surface area contributed by atoms with Crippen molar-refractivity contribution >= 4 is 11.6 Å². The summed E-state index contributed by atoms with van der Waals surface area (Å²) in [5.74, 6) is 0.0190. The molecule has 1 aliphatic rings. The topological polar surface area (TPSA) is 57.3 Å². The summed E-state index contributed by atoms with van der Waals surface area (Å²) in [5, 5.41) is 6.29. The van der Waals surface area contributed by atoms with Crippen LogP contribution < -0.4 is 10.6 Å². The molecule has 19 heavy (non-hydrogen) atoms. The van der Waals surface area contributed by atoms with E-state index in [1.54, 1.807) is 6.20 Å². The maximum absolute atomic E-state index is 12.5. The van der Waals surface area contributed by atoms with Gasteiger partial charge in [0, 0.05) is 32.4 Å². The van der Waals surface area contributed by atoms with Crippen molar-refractivity contribution in [3.05, 3.63) is 24.0 Å². The van der Waals surface area contributed by atoms with Crippen molar-refractivity contribution in [1.29, 1.82) is 0 Å². The largest absolute Gasteiger partial charge is 0.323 e. The summed E-state index contributed by atoms with van der Waals surface area (Å²) in [5.41, 5.74) is 1.12. The molecule has 2 heterocycles. The summed E-state index contributed by atoms with van der Waals surface area (Å²) in [6.45, 7) is 9.50. The minimum absolute atomic E-state index is 0.0190. The van der Waals surface area contributed by atoms with Gasteiger partial charge in [-0.25, -0.2) is 0 Å². The van der Waals surface area contributed by atoms with Gasteiger partial charge >= 0.3 is 0 Å². The van der Waals surface area contributed by atoms with E-state index in [0.717, 1.165) is 37.6 Å². The van der Waals surface area contributed by atoms with Gasteiger partial charge in [0.25, 0.3) is 0 Å². The number of anilines is 1. The van der Waals surface area contributed by atoms with Gasteiger partial charge in [0.2, 0.25) is 5.91 Å². The zero-order valence-electron chi connectivity index (χ0n) is 11.9. The maximum Gasteiger partial charge on any atom is 0.244 e. The SMILES string of the molecule is Cc1ncccc1NC(=O)C(C)(C)N1CCNCC1. The Kier molecular flexibility index (Phi) is 4.17. The molecule has 1 aromatic rings. The number of carbonyl (C=O) groups excluding carboxylic acids is 1. The van der Waals surface area contributed by atoms with Gasteiger partial charge in [0.15, 0.2) is 0 Å². The van der Waals surface area contributed by atoms with E-state index in [9.17, 15) is 4.79 Å². The Hall–Kier alpha value is -1.46. The van der Waals surface area contributed by atoms with Crippen LogP contribution in [0.1, 0.15) is 19.5 Å². The summed E-state index contributed by atoms with van der Waals surface area (Å²) >= 11 is 0. The normalized spacial score (nSPS) is 17.2. The molecule has 0 radical (unpaired) electrons. The first kappa shape index (κ1) is 14.0. The van der Waals surface area contributed by atoms with Crippen molar-refractivity contribution in [2.24, 2.45) is 0 Å². The number of rotatable bonds is 3. The highest BCUT2D eigenvalue weighted by molar-refractivity contribution is 5.97. The predicted molar refractivity (Wildman–Crippen MR) is 76.1 cm³/mol. The van der Waals surface area contributed by atoms with Crippen LogP contribution in [-0.4, -0.2) is 47.5 Å². The van der Waals surface area contributed by atoms with Gasteiger partial charge in [0.1, 0.15) is 0 Å². The van der Waals surface area contributed by atoms with Gasteiger partial charge < -0.3 is 10.6 Å². The lowest BCUT2D eigenvalue weighted by Crippen LogP contribution is -2.58. The van der Waals surface area contributed by atoms with Crippen LogP contribution in [0.3, 0.4) is 0 Å². The summed E-state index contributed by atoms with van der Waals surface area (Å²) in [6.07, 6.45) is 1.73. The van der Waals surface area contributed by atoms with E-state index in [2.05, 4.69) is 20.5 Å². The van der Waals surface area contributed by atoms with E-state index in [1.807, 2.05) is 32.9 Å². The number of piperazine rings is 1. The number of nitrogens with zero attached hydrogens (tertiary/aromatic N) is 2. The Balaban J connectivity index is 2.08. The quantitative estimate of drug-likeness (QED) is 0.853. The fourth-order valence-electron chi connectivity index (χ4n) is 2.26. The average Bonchev–Trinajstić information content (AvgIpc) is 2.42. The lowest BCUT2D eigenvalue weighted by molar-refractivity contribution is -0.126. The Morgan fingerprint density at radius 3 is 2.74 bits per heavy atom. The predicted octanol–water partition coefficient (Wildman–Crippen LogP) is 1.01. The standard InChI is InChI=1S/C14H22N4O/c1-11-12(5-4-6-16-11)17-13(19)14(2,3)18-9-7-15-8-10-18/h4-6,15H,7-10H2,1-3H3,(H,17,19). The second kappa shape index (κ2) is 5.67. The fourth-order valence-corrected chi connectivity index (χ4v) is 2.26. The number of aryl methyl sites for hydroxylation is 1. The first-order chi connectivity index (χ1) is 9.01. The molecule has 1 aromatic heterocycles. The van der Waals surface area contributed by atoms with E-state index >= 15 is 0 Å². The van der Waals surface area contributed by atoms with Crippen LogP contribution in [0.5, 0.6) is 0 Å². The molecule has 0 aliphatic carbocycles. The van der Waals surface area contributed by atoms with E-state index in [1.165, 1.54) is 0 Å². The zero-order valence-corrected chi connectivity index (χ0v) is 11.9. The monoisotopic (exact) mass is 262 g/mol. The highest BCUT2D eigenvalue weighted by Gasteiger charge is 2.35. The number of nitrogens with one attached hydrogen (secondary N) is 2. The maximum atomic E-state index is 12.5. The lowest BCUT2D eigenvalue weighted by Gasteiger charge is -2.39. The molecule has 0 atom stereocenters. The average molecular weight is 262 g/mol. The summed E-state index contributed by atoms with van der Waals surface area (Å²) in [6, 6.07) is 3.72. The van der Waals surface area contributed by atoms with Crippen molar-refractivity contribution in [3.8, 4) is 0 Å². The van der Waals surface area contributed by atoms with Crippen LogP contribution in [0, 0.1) is 6.92 Å². The van der Waals surface area contributed by atoms with Crippen molar-refractivity contribution in [2.75, 3.05) is 31.5 Å². The Morgan fingerprint density at radius 1 is 1.42 bits per heavy atom. The molecule has 0 spiro atoms. The van der Waals surface area contributed by atoms with Crippen LogP contribution in [0.4, 0.5) is 5.69 Å². The number of aromatic nitrogens is 1. The van der Waals surface area contributed by atoms with E-state index in [0.29, 0.717) is 0 Å². The van der Waals surface area contributed by atoms with Crippen LogP contribution in [0.15, 0.2) is 18.3 Å². The van der Waals surface area contributed by atoms with Gasteiger partial charge in [-0.05, 0) is 32.9 Å². The lowest BCUT2D eigenvalue weighted by atomic mass is 10.00. The highest BCUT2D eigenvalue weighted by Crippen LogP contribution is 2.19. The number of carbonyl (C=O) groups is 1. The first-order valence-corrected chi connectivity index (χ1v) is 6.70. The molecule has 0 aromatic carbocycles. The first-order valence-electron chi connectivity index (χ1n) is 6.70. The summed E-state index contributed by atoms with van der Waals surface area (Å²) in [4.78, 5) is 18.9. The Labute approximate surface area is 114 Å². The Bertz CT molecular complexity index is 453. The van der Waals surface area contributed by atoms with E-state index < -0.39 is 5.54 Å². The minimum Gasteiger partial charge on any atom is -0.323 e.